The first kappa shape index (κ1) is 21.1. The summed E-state index contributed by atoms with van der Waals surface area (Å²) >= 11 is 0. The van der Waals surface area contributed by atoms with Crippen molar-refractivity contribution in [1.29, 1.82) is 0 Å². The van der Waals surface area contributed by atoms with Crippen LogP contribution >= 0.6 is 0 Å². The number of carbonyl (C=O) groups is 1. The van der Waals surface area contributed by atoms with Crippen LogP contribution in [0.5, 0.6) is 0 Å². The van der Waals surface area contributed by atoms with Crippen molar-refractivity contribution in [3.8, 4) is 0 Å². The van der Waals surface area contributed by atoms with Gasteiger partial charge in [-0.3, -0.25) is 4.79 Å². The maximum Gasteiger partial charge on any atom is 0.255 e. The molecule has 0 aliphatic carbocycles. The second-order valence-electron chi connectivity index (χ2n) is 9.00. The maximum absolute atomic E-state index is 12.9. The molecule has 0 saturated carbocycles. The van der Waals surface area contributed by atoms with Gasteiger partial charge in [-0.05, 0) is 31.6 Å². The Labute approximate surface area is 164 Å². The first-order chi connectivity index (χ1) is 12.7. The number of nitrogens with one attached hydrogen (secondary N) is 1. The van der Waals surface area contributed by atoms with E-state index in [2.05, 4.69) is 33.0 Å². The molecule has 0 aromatic heterocycles. The highest BCUT2D eigenvalue weighted by Crippen LogP contribution is 2.48. The highest BCUT2D eigenvalue weighted by atomic mass is 16.6. The molecular weight excluding hydrogens is 345 g/mol. The number of hydrogen-bond donors (Lipinski definition) is 1. The lowest BCUT2D eigenvalue weighted by atomic mass is 9.79. The SMILES string of the molecule is [B][C@H]1CC(OCCNC(=O)[C@]23CO[C@@H](C2C(C)C)[C@H](C)O3)[C@@H](CC(C)C)O1. The Morgan fingerprint density at radius 3 is 2.70 bits per heavy atom. The largest absolute Gasteiger partial charge is 0.382 e. The van der Waals surface area contributed by atoms with E-state index >= 15 is 0 Å². The maximum atomic E-state index is 12.9. The van der Waals surface area contributed by atoms with Crippen molar-refractivity contribution in [3.63, 3.8) is 0 Å². The third-order valence-electron chi connectivity index (χ3n) is 6.00. The fourth-order valence-electron chi connectivity index (χ4n) is 4.93. The van der Waals surface area contributed by atoms with Crippen LogP contribution < -0.4 is 5.32 Å². The zero-order valence-corrected chi connectivity index (χ0v) is 17.3. The van der Waals surface area contributed by atoms with Gasteiger partial charge >= 0.3 is 0 Å². The molecule has 7 heteroatoms. The Kier molecular flexibility index (Phi) is 6.56. The first-order valence-corrected chi connectivity index (χ1v) is 10.3. The summed E-state index contributed by atoms with van der Waals surface area (Å²) in [5.41, 5.74) is -0.864. The molecule has 0 spiro atoms. The molecule has 1 amide bonds. The van der Waals surface area contributed by atoms with E-state index in [4.69, 9.17) is 26.8 Å². The minimum absolute atomic E-state index is 0.000849. The molecule has 3 heterocycles. The molecule has 7 atom stereocenters. The molecular formula is C20H34BNO5. The normalized spacial score (nSPS) is 41.0. The van der Waals surface area contributed by atoms with Gasteiger partial charge in [-0.1, -0.05) is 27.7 Å². The van der Waals surface area contributed by atoms with Gasteiger partial charge < -0.3 is 24.3 Å². The van der Waals surface area contributed by atoms with Crippen LogP contribution in [-0.4, -0.2) is 69.5 Å². The highest BCUT2D eigenvalue weighted by molar-refractivity contribution is 6.11. The molecule has 3 fully saturated rings. The van der Waals surface area contributed by atoms with Crippen molar-refractivity contribution in [2.75, 3.05) is 19.8 Å². The van der Waals surface area contributed by atoms with Crippen LogP contribution in [0.2, 0.25) is 0 Å². The first-order valence-electron chi connectivity index (χ1n) is 10.3. The van der Waals surface area contributed by atoms with Gasteiger partial charge in [0.05, 0.1) is 37.6 Å². The second kappa shape index (κ2) is 8.40. The molecule has 6 nitrogen and oxygen atoms in total. The Morgan fingerprint density at radius 2 is 2.07 bits per heavy atom. The van der Waals surface area contributed by atoms with Gasteiger partial charge in [-0.25, -0.2) is 0 Å². The van der Waals surface area contributed by atoms with Crippen LogP contribution in [0.3, 0.4) is 0 Å². The fraction of sp³-hybridized carbons (Fsp3) is 0.950. The summed E-state index contributed by atoms with van der Waals surface area (Å²) in [4.78, 5) is 12.9. The lowest BCUT2D eigenvalue weighted by Crippen LogP contribution is -2.54. The molecule has 3 rings (SSSR count). The molecule has 0 aromatic carbocycles. The molecule has 152 valence electrons. The lowest BCUT2D eigenvalue weighted by Gasteiger charge is -2.31. The van der Waals surface area contributed by atoms with Crippen LogP contribution in [-0.2, 0) is 23.7 Å². The predicted molar refractivity (Wildman–Crippen MR) is 103 cm³/mol. The lowest BCUT2D eigenvalue weighted by molar-refractivity contribution is -0.167. The number of carbonyl (C=O) groups excluding carboxylic acids is 1. The summed E-state index contributed by atoms with van der Waals surface area (Å²) in [6, 6.07) is -0.264. The summed E-state index contributed by atoms with van der Waals surface area (Å²) < 4.78 is 23.7. The fourth-order valence-corrected chi connectivity index (χ4v) is 4.93. The Bertz CT molecular complexity index is 531. The molecule has 1 N–H and O–H groups in total. The standard InChI is InChI=1S/C20H34BNO5/c1-11(2)8-15-14(9-16(21)26-15)24-7-6-22-19(23)20-10-25-18(13(5)27-20)17(20)12(3)4/h11-18H,6-10H2,1-5H3,(H,22,23)/t13-,14?,15+,16+,17?,18+,20-/m0/s1. The van der Waals surface area contributed by atoms with E-state index in [0.717, 1.165) is 6.42 Å². The number of hydrogen-bond acceptors (Lipinski definition) is 5. The number of fused-ring (bicyclic) bond motifs is 2. The van der Waals surface area contributed by atoms with E-state index in [0.29, 0.717) is 38.0 Å². The van der Waals surface area contributed by atoms with Crippen molar-refractivity contribution in [2.45, 2.75) is 83.5 Å². The highest BCUT2D eigenvalue weighted by Gasteiger charge is 2.64. The summed E-state index contributed by atoms with van der Waals surface area (Å²) in [6.07, 6.45) is 1.59. The predicted octanol–water partition coefficient (Wildman–Crippen LogP) is 1.65. The van der Waals surface area contributed by atoms with Crippen molar-refractivity contribution in [2.24, 2.45) is 17.8 Å². The Balaban J connectivity index is 1.48. The minimum atomic E-state index is -0.864. The monoisotopic (exact) mass is 379 g/mol. The van der Waals surface area contributed by atoms with Gasteiger partial charge in [-0.15, -0.1) is 0 Å². The number of ether oxygens (including phenoxy) is 4. The van der Waals surface area contributed by atoms with Gasteiger partial charge in [0.15, 0.2) is 5.60 Å². The van der Waals surface area contributed by atoms with Gasteiger partial charge in [-0.2, -0.15) is 0 Å². The van der Waals surface area contributed by atoms with Crippen molar-refractivity contribution in [1.82, 2.24) is 5.32 Å². The average Bonchev–Trinajstić information content (AvgIpc) is 3.20. The molecule has 3 saturated heterocycles. The van der Waals surface area contributed by atoms with Crippen LogP contribution in [0, 0.1) is 17.8 Å². The van der Waals surface area contributed by atoms with E-state index in [1.807, 2.05) is 6.92 Å². The topological polar surface area (TPSA) is 66.0 Å². The van der Waals surface area contributed by atoms with Gasteiger partial charge in [0.25, 0.3) is 5.91 Å². The Morgan fingerprint density at radius 1 is 1.33 bits per heavy atom. The van der Waals surface area contributed by atoms with Crippen LogP contribution in [0.15, 0.2) is 0 Å². The third-order valence-corrected chi connectivity index (χ3v) is 6.00. The van der Waals surface area contributed by atoms with E-state index in [1.54, 1.807) is 0 Å². The zero-order valence-electron chi connectivity index (χ0n) is 17.3. The molecule has 2 unspecified atom stereocenters. The van der Waals surface area contributed by atoms with Crippen molar-refractivity contribution in [3.05, 3.63) is 0 Å². The van der Waals surface area contributed by atoms with Crippen LogP contribution in [0.1, 0.15) is 47.5 Å². The number of amides is 1. The average molecular weight is 379 g/mol. The van der Waals surface area contributed by atoms with Gasteiger partial charge in [0, 0.05) is 18.5 Å². The molecule has 2 bridgehead atoms. The molecule has 0 aromatic rings. The van der Waals surface area contributed by atoms with Crippen LogP contribution in [0.25, 0.3) is 0 Å². The quantitative estimate of drug-likeness (QED) is 0.513. The van der Waals surface area contributed by atoms with Crippen LogP contribution in [0.4, 0.5) is 0 Å². The molecule has 2 radical (unpaired) electrons. The molecule has 3 aliphatic heterocycles. The minimum Gasteiger partial charge on any atom is -0.382 e. The van der Waals surface area contributed by atoms with E-state index in [9.17, 15) is 4.79 Å². The third kappa shape index (κ3) is 4.21. The van der Waals surface area contributed by atoms with Crippen molar-refractivity contribution < 1.29 is 23.7 Å². The summed E-state index contributed by atoms with van der Waals surface area (Å²) in [5, 5.41) is 3.00. The Hall–Kier alpha value is -0.625. The van der Waals surface area contributed by atoms with Gasteiger partial charge in [0.1, 0.15) is 7.85 Å². The van der Waals surface area contributed by atoms with E-state index in [1.165, 1.54) is 0 Å². The zero-order chi connectivity index (χ0) is 19.8. The molecule has 3 aliphatic rings. The van der Waals surface area contributed by atoms with Crippen molar-refractivity contribution >= 4 is 13.8 Å². The summed E-state index contributed by atoms with van der Waals surface area (Å²) in [5.74, 6) is 0.841. The van der Waals surface area contributed by atoms with E-state index < -0.39 is 5.60 Å². The summed E-state index contributed by atoms with van der Waals surface area (Å²) in [6.45, 7) is 11.8. The molecule has 27 heavy (non-hydrogen) atoms. The number of rotatable bonds is 8. The van der Waals surface area contributed by atoms with E-state index in [-0.39, 0.29) is 42.2 Å². The smallest absolute Gasteiger partial charge is 0.255 e. The summed E-state index contributed by atoms with van der Waals surface area (Å²) in [7, 11) is 5.92. The van der Waals surface area contributed by atoms with Gasteiger partial charge in [0.2, 0.25) is 0 Å². The second-order valence-corrected chi connectivity index (χ2v) is 9.00.